The Labute approximate surface area is 104 Å². The Kier molecular flexibility index (Phi) is 3.70. The minimum atomic E-state index is -0.132. The summed E-state index contributed by atoms with van der Waals surface area (Å²) >= 11 is 0. The fraction of sp³-hybridized carbons (Fsp3) is 0.857. The topological polar surface area (TPSA) is 46.2 Å². The summed E-state index contributed by atoms with van der Waals surface area (Å²) in [6, 6.07) is 0.230. The van der Waals surface area contributed by atoms with Gasteiger partial charge in [0.1, 0.15) is 5.78 Å². The molecule has 3 heteroatoms. The van der Waals surface area contributed by atoms with Gasteiger partial charge in [-0.05, 0) is 30.1 Å². The molecular formula is C14H25NO2. The molecule has 0 spiro atoms. The summed E-state index contributed by atoms with van der Waals surface area (Å²) in [5.74, 6) is 0.318. The maximum absolute atomic E-state index is 11.6. The predicted molar refractivity (Wildman–Crippen MR) is 68.6 cm³/mol. The Hall–Kier alpha value is -0.860. The molecule has 1 saturated carbocycles. The molecule has 17 heavy (non-hydrogen) atoms. The summed E-state index contributed by atoms with van der Waals surface area (Å²) in [5.41, 5.74) is 0.446. The number of Topliss-reactive ketones (excluding diaryl/α,β-unsaturated/α-hetero) is 1. The Morgan fingerprint density at radius 2 is 1.76 bits per heavy atom. The molecule has 1 aliphatic carbocycles. The Morgan fingerprint density at radius 1 is 1.24 bits per heavy atom. The quantitative estimate of drug-likeness (QED) is 0.766. The van der Waals surface area contributed by atoms with Crippen LogP contribution in [0.3, 0.4) is 0 Å². The maximum atomic E-state index is 11.6. The van der Waals surface area contributed by atoms with Crippen LogP contribution in [0, 0.1) is 16.7 Å². The number of carbonyl (C=O) groups is 2. The first-order chi connectivity index (χ1) is 7.54. The smallest absolute Gasteiger partial charge is 0.227 e. The first-order valence-corrected chi connectivity index (χ1v) is 6.33. The van der Waals surface area contributed by atoms with Crippen molar-refractivity contribution < 1.29 is 9.59 Å². The summed E-state index contributed by atoms with van der Waals surface area (Å²) in [7, 11) is 0. The van der Waals surface area contributed by atoms with Crippen LogP contribution in [-0.2, 0) is 9.59 Å². The number of amides is 1. The lowest BCUT2D eigenvalue weighted by molar-refractivity contribution is -0.127. The first kappa shape index (κ1) is 14.2. The van der Waals surface area contributed by atoms with Crippen LogP contribution in [0.2, 0.25) is 0 Å². The van der Waals surface area contributed by atoms with Gasteiger partial charge in [-0.15, -0.1) is 0 Å². The van der Waals surface area contributed by atoms with Crippen molar-refractivity contribution in [3.05, 3.63) is 0 Å². The van der Waals surface area contributed by atoms with E-state index in [-0.39, 0.29) is 35.0 Å². The van der Waals surface area contributed by atoms with E-state index in [1.165, 1.54) is 6.92 Å². The van der Waals surface area contributed by atoms with Crippen LogP contribution >= 0.6 is 0 Å². The van der Waals surface area contributed by atoms with Crippen LogP contribution in [0.1, 0.15) is 54.4 Å². The van der Waals surface area contributed by atoms with Gasteiger partial charge in [-0.3, -0.25) is 9.59 Å². The lowest BCUT2D eigenvalue weighted by Gasteiger charge is -2.18. The van der Waals surface area contributed by atoms with Gasteiger partial charge in [-0.1, -0.05) is 34.6 Å². The predicted octanol–water partition coefficient (Wildman–Crippen LogP) is 2.54. The molecule has 2 atom stereocenters. The highest BCUT2D eigenvalue weighted by Crippen LogP contribution is 2.56. The molecule has 0 aromatic rings. The maximum Gasteiger partial charge on any atom is 0.227 e. The second-order valence-corrected chi connectivity index (χ2v) is 7.12. The van der Waals surface area contributed by atoms with Gasteiger partial charge in [-0.2, -0.15) is 0 Å². The van der Waals surface area contributed by atoms with Crippen molar-refractivity contribution in [1.29, 1.82) is 0 Å². The Morgan fingerprint density at radius 3 is 2.18 bits per heavy atom. The van der Waals surface area contributed by atoms with Crippen molar-refractivity contribution in [2.24, 2.45) is 16.7 Å². The summed E-state index contributed by atoms with van der Waals surface area (Å²) in [6.07, 6.45) is 1.11. The van der Waals surface area contributed by atoms with Gasteiger partial charge >= 0.3 is 0 Å². The molecule has 0 bridgehead atoms. The van der Waals surface area contributed by atoms with E-state index in [9.17, 15) is 9.59 Å². The number of ketones is 1. The standard InChI is InChI=1S/C14H25NO2/c1-9(16)7-11(17)15-12-10(14(12,5)6)8-13(2,3)4/h10,12H,7-8H2,1-6H3,(H,15,17). The zero-order valence-electron chi connectivity index (χ0n) is 11.9. The van der Waals surface area contributed by atoms with E-state index in [1.54, 1.807) is 0 Å². The Bertz CT molecular complexity index is 326. The summed E-state index contributed by atoms with van der Waals surface area (Å²) in [5, 5.41) is 2.99. The molecular weight excluding hydrogens is 214 g/mol. The molecule has 1 amide bonds. The van der Waals surface area contributed by atoms with Crippen molar-refractivity contribution in [2.75, 3.05) is 0 Å². The molecule has 1 rings (SSSR count). The summed E-state index contributed by atoms with van der Waals surface area (Å²) in [4.78, 5) is 22.4. The molecule has 1 fully saturated rings. The summed E-state index contributed by atoms with van der Waals surface area (Å²) < 4.78 is 0. The van der Waals surface area contributed by atoms with E-state index in [1.807, 2.05) is 0 Å². The number of rotatable bonds is 4. The number of hydrogen-bond acceptors (Lipinski definition) is 2. The minimum Gasteiger partial charge on any atom is -0.352 e. The van der Waals surface area contributed by atoms with E-state index in [0.29, 0.717) is 5.92 Å². The van der Waals surface area contributed by atoms with E-state index in [4.69, 9.17) is 0 Å². The third-order valence-corrected chi connectivity index (χ3v) is 3.61. The van der Waals surface area contributed by atoms with Crippen molar-refractivity contribution in [3.8, 4) is 0 Å². The van der Waals surface area contributed by atoms with E-state index in [2.05, 4.69) is 39.9 Å². The highest BCUT2D eigenvalue weighted by atomic mass is 16.2. The first-order valence-electron chi connectivity index (χ1n) is 6.33. The minimum absolute atomic E-state index is 0.00875. The average Bonchev–Trinajstić information content (AvgIpc) is 2.51. The molecule has 98 valence electrons. The van der Waals surface area contributed by atoms with Gasteiger partial charge in [0.2, 0.25) is 5.91 Å². The molecule has 0 aliphatic heterocycles. The van der Waals surface area contributed by atoms with E-state index < -0.39 is 0 Å². The van der Waals surface area contributed by atoms with Crippen molar-refractivity contribution in [2.45, 2.75) is 60.4 Å². The highest BCUT2D eigenvalue weighted by molar-refractivity contribution is 5.97. The second-order valence-electron chi connectivity index (χ2n) is 7.12. The SMILES string of the molecule is CC(=O)CC(=O)NC1C(CC(C)(C)C)C1(C)C. The molecule has 1 aliphatic rings. The van der Waals surface area contributed by atoms with Gasteiger partial charge in [0.05, 0.1) is 6.42 Å². The fourth-order valence-electron chi connectivity index (χ4n) is 2.52. The van der Waals surface area contributed by atoms with Gasteiger partial charge in [-0.25, -0.2) is 0 Å². The molecule has 0 radical (unpaired) electrons. The largest absolute Gasteiger partial charge is 0.352 e. The summed E-state index contributed by atoms with van der Waals surface area (Å²) in [6.45, 7) is 12.5. The van der Waals surface area contributed by atoms with Crippen molar-refractivity contribution >= 4 is 11.7 Å². The molecule has 0 aromatic carbocycles. The molecule has 0 saturated heterocycles. The van der Waals surface area contributed by atoms with Crippen LogP contribution in [-0.4, -0.2) is 17.7 Å². The van der Waals surface area contributed by atoms with Crippen LogP contribution in [0.4, 0.5) is 0 Å². The third kappa shape index (κ3) is 3.83. The third-order valence-electron chi connectivity index (χ3n) is 3.61. The fourth-order valence-corrected chi connectivity index (χ4v) is 2.52. The van der Waals surface area contributed by atoms with E-state index in [0.717, 1.165) is 6.42 Å². The highest BCUT2D eigenvalue weighted by Gasteiger charge is 2.58. The normalized spacial score (nSPS) is 26.5. The Balaban J connectivity index is 2.51. The van der Waals surface area contributed by atoms with Crippen molar-refractivity contribution in [3.63, 3.8) is 0 Å². The number of hydrogen-bond donors (Lipinski definition) is 1. The zero-order valence-corrected chi connectivity index (χ0v) is 11.9. The van der Waals surface area contributed by atoms with Gasteiger partial charge in [0, 0.05) is 6.04 Å². The number of nitrogens with one attached hydrogen (secondary N) is 1. The molecule has 1 N–H and O–H groups in total. The lowest BCUT2D eigenvalue weighted by atomic mass is 9.87. The molecule has 3 nitrogen and oxygen atoms in total. The zero-order chi connectivity index (χ0) is 13.4. The van der Waals surface area contributed by atoms with Crippen LogP contribution in [0.25, 0.3) is 0 Å². The molecule has 0 heterocycles. The number of carbonyl (C=O) groups excluding carboxylic acids is 2. The monoisotopic (exact) mass is 239 g/mol. The second kappa shape index (κ2) is 4.43. The van der Waals surface area contributed by atoms with Gasteiger partial charge < -0.3 is 5.32 Å². The van der Waals surface area contributed by atoms with Crippen LogP contribution < -0.4 is 5.32 Å². The van der Waals surface area contributed by atoms with E-state index >= 15 is 0 Å². The molecule has 2 unspecified atom stereocenters. The van der Waals surface area contributed by atoms with Crippen LogP contribution in [0.5, 0.6) is 0 Å². The van der Waals surface area contributed by atoms with Crippen LogP contribution in [0.15, 0.2) is 0 Å². The van der Waals surface area contributed by atoms with Crippen molar-refractivity contribution in [1.82, 2.24) is 5.32 Å². The van der Waals surface area contributed by atoms with Gasteiger partial charge in [0.25, 0.3) is 0 Å². The lowest BCUT2D eigenvalue weighted by Crippen LogP contribution is -2.30. The van der Waals surface area contributed by atoms with Gasteiger partial charge in [0.15, 0.2) is 0 Å². The average molecular weight is 239 g/mol. The molecule has 0 aromatic heterocycles.